The van der Waals surface area contributed by atoms with Crippen LogP contribution >= 0.6 is 11.6 Å². The highest BCUT2D eigenvalue weighted by molar-refractivity contribution is 6.30. The zero-order valence-corrected chi connectivity index (χ0v) is 9.67. The third-order valence-corrected chi connectivity index (χ3v) is 2.65. The van der Waals surface area contributed by atoms with Crippen LogP contribution in [0.5, 0.6) is 0 Å². The van der Waals surface area contributed by atoms with Gasteiger partial charge in [0.1, 0.15) is 5.82 Å². The second kappa shape index (κ2) is 4.21. The molecular formula is C11H14ClN3. The number of nitrogens with one attached hydrogen (secondary N) is 1. The number of pyridine rings is 1. The molecule has 0 spiro atoms. The molecule has 0 saturated carbocycles. The smallest absolute Gasteiger partial charge is 0.113 e. The van der Waals surface area contributed by atoms with E-state index in [2.05, 4.69) is 21.6 Å². The molecule has 3 nitrogen and oxygen atoms in total. The first-order chi connectivity index (χ1) is 7.26. The number of aromatic nitrogens is 2. The van der Waals surface area contributed by atoms with E-state index in [4.69, 9.17) is 11.6 Å². The molecule has 80 valence electrons. The number of aryl methyl sites for hydroxylation is 1. The van der Waals surface area contributed by atoms with Gasteiger partial charge in [0.25, 0.3) is 0 Å². The van der Waals surface area contributed by atoms with Gasteiger partial charge >= 0.3 is 0 Å². The number of hydrogen-bond acceptors (Lipinski definition) is 2. The molecule has 0 aliphatic heterocycles. The Morgan fingerprint density at radius 2 is 2.33 bits per heavy atom. The van der Waals surface area contributed by atoms with E-state index in [0.29, 0.717) is 0 Å². The highest BCUT2D eigenvalue weighted by Crippen LogP contribution is 2.18. The van der Waals surface area contributed by atoms with Crippen LogP contribution in [-0.4, -0.2) is 16.4 Å². The van der Waals surface area contributed by atoms with Crippen LogP contribution < -0.4 is 5.32 Å². The summed E-state index contributed by atoms with van der Waals surface area (Å²) in [6.07, 6.45) is 2.90. The molecule has 0 saturated heterocycles. The summed E-state index contributed by atoms with van der Waals surface area (Å²) in [4.78, 5) is 4.58. The van der Waals surface area contributed by atoms with Gasteiger partial charge < -0.3 is 9.72 Å². The van der Waals surface area contributed by atoms with Crippen molar-refractivity contribution in [1.29, 1.82) is 0 Å². The van der Waals surface area contributed by atoms with Gasteiger partial charge in [-0.1, -0.05) is 18.5 Å². The summed E-state index contributed by atoms with van der Waals surface area (Å²) < 4.78 is 2.10. The minimum atomic E-state index is 0.752. The van der Waals surface area contributed by atoms with Crippen molar-refractivity contribution in [3.8, 4) is 0 Å². The van der Waals surface area contributed by atoms with Crippen molar-refractivity contribution >= 4 is 17.1 Å². The van der Waals surface area contributed by atoms with E-state index in [1.807, 2.05) is 25.4 Å². The van der Waals surface area contributed by atoms with Gasteiger partial charge in [0.2, 0.25) is 0 Å². The molecule has 0 amide bonds. The lowest BCUT2D eigenvalue weighted by Gasteiger charge is -1.99. The van der Waals surface area contributed by atoms with Crippen LogP contribution in [0, 0.1) is 0 Å². The second-order valence-electron chi connectivity index (χ2n) is 3.46. The molecule has 0 bridgehead atoms. The van der Waals surface area contributed by atoms with Crippen molar-refractivity contribution in [1.82, 2.24) is 14.7 Å². The number of rotatable bonds is 3. The first kappa shape index (κ1) is 10.5. The molecule has 0 fully saturated rings. The summed E-state index contributed by atoms with van der Waals surface area (Å²) >= 11 is 5.98. The fraction of sp³-hybridized carbons (Fsp3) is 0.364. The summed E-state index contributed by atoms with van der Waals surface area (Å²) in [7, 11) is 1.92. The Kier molecular flexibility index (Phi) is 2.93. The third-order valence-electron chi connectivity index (χ3n) is 2.42. The minimum Gasteiger partial charge on any atom is -0.314 e. The lowest BCUT2D eigenvalue weighted by atomic mass is 10.3. The third kappa shape index (κ3) is 1.85. The fourth-order valence-corrected chi connectivity index (χ4v) is 1.90. The van der Waals surface area contributed by atoms with E-state index in [0.717, 1.165) is 35.0 Å². The van der Waals surface area contributed by atoms with Gasteiger partial charge in [-0.3, -0.25) is 0 Å². The monoisotopic (exact) mass is 223 g/mol. The van der Waals surface area contributed by atoms with E-state index in [1.54, 1.807) is 0 Å². The Bertz CT molecular complexity index is 476. The predicted octanol–water partition coefficient (Wildman–Crippen LogP) is 2.27. The lowest BCUT2D eigenvalue weighted by molar-refractivity contribution is 0.796. The standard InChI is InChI=1S/C11H14ClN3/c1-3-11-14-9(7-13-2)10-6-8(12)4-5-15(10)11/h4-6,13H,3,7H2,1-2H3. The van der Waals surface area contributed by atoms with Crippen LogP contribution in [0.1, 0.15) is 18.4 Å². The average Bonchev–Trinajstić information content (AvgIpc) is 2.57. The Hall–Kier alpha value is -1.06. The molecule has 0 atom stereocenters. The van der Waals surface area contributed by atoms with Gasteiger partial charge in [-0.25, -0.2) is 4.98 Å². The molecule has 0 radical (unpaired) electrons. The number of nitrogens with zero attached hydrogens (tertiary/aromatic N) is 2. The van der Waals surface area contributed by atoms with E-state index in [-0.39, 0.29) is 0 Å². The normalized spacial score (nSPS) is 11.1. The minimum absolute atomic E-state index is 0.752. The van der Waals surface area contributed by atoms with Gasteiger partial charge in [-0.05, 0) is 19.2 Å². The lowest BCUT2D eigenvalue weighted by Crippen LogP contribution is -2.05. The Morgan fingerprint density at radius 1 is 1.53 bits per heavy atom. The molecule has 0 aliphatic carbocycles. The highest BCUT2D eigenvalue weighted by Gasteiger charge is 2.08. The maximum atomic E-state index is 5.98. The average molecular weight is 224 g/mol. The van der Waals surface area contributed by atoms with Gasteiger partial charge in [0.15, 0.2) is 0 Å². The molecule has 15 heavy (non-hydrogen) atoms. The zero-order chi connectivity index (χ0) is 10.8. The van der Waals surface area contributed by atoms with Crippen molar-refractivity contribution in [2.45, 2.75) is 19.9 Å². The molecule has 4 heteroatoms. The predicted molar refractivity (Wildman–Crippen MR) is 62.3 cm³/mol. The number of fused-ring (bicyclic) bond motifs is 1. The van der Waals surface area contributed by atoms with Crippen LogP contribution in [0.3, 0.4) is 0 Å². The van der Waals surface area contributed by atoms with Crippen molar-refractivity contribution in [2.24, 2.45) is 0 Å². The van der Waals surface area contributed by atoms with Gasteiger partial charge in [0, 0.05) is 24.2 Å². The van der Waals surface area contributed by atoms with E-state index in [1.165, 1.54) is 0 Å². The van der Waals surface area contributed by atoms with E-state index in [9.17, 15) is 0 Å². The Balaban J connectivity index is 2.64. The molecule has 0 aromatic carbocycles. The molecule has 2 aromatic heterocycles. The molecule has 2 aromatic rings. The number of halogens is 1. The van der Waals surface area contributed by atoms with Crippen LogP contribution in [0.15, 0.2) is 18.3 Å². The van der Waals surface area contributed by atoms with Crippen LogP contribution in [0.4, 0.5) is 0 Å². The molecule has 1 N–H and O–H groups in total. The van der Waals surface area contributed by atoms with Crippen molar-refractivity contribution in [3.63, 3.8) is 0 Å². The number of hydrogen-bond donors (Lipinski definition) is 1. The van der Waals surface area contributed by atoms with Crippen LogP contribution in [-0.2, 0) is 13.0 Å². The first-order valence-electron chi connectivity index (χ1n) is 5.06. The Labute approximate surface area is 94.1 Å². The molecular weight excluding hydrogens is 210 g/mol. The summed E-state index contributed by atoms with van der Waals surface area (Å²) in [5, 5.41) is 3.87. The SMILES string of the molecule is CCc1nc(CNC)c2cc(Cl)ccn12. The molecule has 0 unspecified atom stereocenters. The molecule has 0 aliphatic rings. The van der Waals surface area contributed by atoms with E-state index < -0.39 is 0 Å². The Morgan fingerprint density at radius 3 is 3.00 bits per heavy atom. The van der Waals surface area contributed by atoms with Crippen molar-refractivity contribution in [2.75, 3.05) is 7.05 Å². The fourth-order valence-electron chi connectivity index (χ4n) is 1.74. The van der Waals surface area contributed by atoms with Gasteiger partial charge in [-0.2, -0.15) is 0 Å². The quantitative estimate of drug-likeness (QED) is 0.865. The maximum Gasteiger partial charge on any atom is 0.113 e. The topological polar surface area (TPSA) is 29.3 Å². The largest absolute Gasteiger partial charge is 0.314 e. The molecule has 2 rings (SSSR count). The molecule has 2 heterocycles. The number of imidazole rings is 1. The highest BCUT2D eigenvalue weighted by atomic mass is 35.5. The van der Waals surface area contributed by atoms with Crippen LogP contribution in [0.2, 0.25) is 5.02 Å². The van der Waals surface area contributed by atoms with Crippen molar-refractivity contribution in [3.05, 3.63) is 34.9 Å². The van der Waals surface area contributed by atoms with Gasteiger partial charge in [-0.15, -0.1) is 0 Å². The summed E-state index contributed by atoms with van der Waals surface area (Å²) in [6.45, 7) is 2.87. The van der Waals surface area contributed by atoms with E-state index >= 15 is 0 Å². The first-order valence-corrected chi connectivity index (χ1v) is 5.44. The maximum absolute atomic E-state index is 5.98. The summed E-state index contributed by atoms with van der Waals surface area (Å²) in [6, 6.07) is 3.85. The van der Waals surface area contributed by atoms with Gasteiger partial charge in [0.05, 0.1) is 11.2 Å². The zero-order valence-electron chi connectivity index (χ0n) is 8.92. The second-order valence-corrected chi connectivity index (χ2v) is 3.90. The summed E-state index contributed by atoms with van der Waals surface area (Å²) in [5.74, 6) is 1.08. The summed E-state index contributed by atoms with van der Waals surface area (Å²) in [5.41, 5.74) is 2.14. The van der Waals surface area contributed by atoms with Crippen molar-refractivity contribution < 1.29 is 0 Å². The van der Waals surface area contributed by atoms with Crippen LogP contribution in [0.25, 0.3) is 5.52 Å².